The van der Waals surface area contributed by atoms with Crippen LogP contribution in [0.4, 0.5) is 5.69 Å². The highest BCUT2D eigenvalue weighted by atomic mass is 35.5. The largest absolute Gasteiger partial charge is 0.354 e. The van der Waals surface area contributed by atoms with Crippen LogP contribution < -0.4 is 9.62 Å². The number of nitrogens with zero attached hydrogens (tertiary/aromatic N) is 1. The van der Waals surface area contributed by atoms with Crippen LogP contribution in [0.1, 0.15) is 39.5 Å². The van der Waals surface area contributed by atoms with Gasteiger partial charge in [0, 0.05) is 6.54 Å². The Kier molecular flexibility index (Phi) is 9.51. The third kappa shape index (κ3) is 7.14. The van der Waals surface area contributed by atoms with Gasteiger partial charge in [-0.15, -0.1) is 0 Å². The van der Waals surface area contributed by atoms with Gasteiger partial charge >= 0.3 is 0 Å². The molecule has 0 radical (unpaired) electrons. The van der Waals surface area contributed by atoms with Crippen molar-refractivity contribution in [1.29, 1.82) is 0 Å². The Balaban J connectivity index is 2.90. The van der Waals surface area contributed by atoms with Gasteiger partial charge in [-0.3, -0.25) is 9.10 Å². The number of hydrogen-bond donors (Lipinski definition) is 1. The van der Waals surface area contributed by atoms with Gasteiger partial charge in [0.2, 0.25) is 15.9 Å². The van der Waals surface area contributed by atoms with Crippen LogP contribution in [0.25, 0.3) is 0 Å². The minimum atomic E-state index is -3.74. The first-order valence-electron chi connectivity index (χ1n) is 8.49. The molecule has 0 saturated heterocycles. The monoisotopic (exact) mass is 442 g/mol. The Bertz CT molecular complexity index is 726. The van der Waals surface area contributed by atoms with Gasteiger partial charge < -0.3 is 5.32 Å². The van der Waals surface area contributed by atoms with Gasteiger partial charge in [0.1, 0.15) is 6.54 Å². The number of carbonyl (C=O) groups excluding carboxylic acids is 1. The molecule has 5 nitrogen and oxygen atoms in total. The average Bonchev–Trinajstić information content (AvgIpc) is 2.55. The summed E-state index contributed by atoms with van der Waals surface area (Å²) in [6.45, 7) is 4.34. The lowest BCUT2D eigenvalue weighted by molar-refractivity contribution is -0.119. The first kappa shape index (κ1) is 23.3. The van der Waals surface area contributed by atoms with Crippen LogP contribution in [0.15, 0.2) is 12.1 Å². The number of benzene rings is 1. The number of sulfonamides is 1. The lowest BCUT2D eigenvalue weighted by atomic mass is 9.99. The molecule has 0 aliphatic carbocycles. The van der Waals surface area contributed by atoms with E-state index in [-0.39, 0.29) is 27.3 Å². The van der Waals surface area contributed by atoms with Gasteiger partial charge in [-0.25, -0.2) is 8.42 Å². The van der Waals surface area contributed by atoms with E-state index in [0.29, 0.717) is 12.5 Å². The van der Waals surface area contributed by atoms with Gasteiger partial charge in [0.15, 0.2) is 0 Å². The number of halogens is 3. The van der Waals surface area contributed by atoms with Crippen molar-refractivity contribution in [3.05, 3.63) is 27.2 Å². The topological polar surface area (TPSA) is 66.5 Å². The first-order valence-corrected chi connectivity index (χ1v) is 11.5. The SMILES string of the molecule is CCCC[C@H](CC)CNC(=O)CN(c1cc(Cl)c(Cl)cc1Cl)S(C)(=O)=O. The van der Waals surface area contributed by atoms with E-state index in [1.165, 1.54) is 12.1 Å². The second-order valence-corrected chi connectivity index (χ2v) is 9.34. The maximum atomic E-state index is 12.3. The van der Waals surface area contributed by atoms with E-state index in [2.05, 4.69) is 19.2 Å². The molecule has 0 saturated carbocycles. The summed E-state index contributed by atoms with van der Waals surface area (Å²) >= 11 is 18.0. The zero-order valence-electron chi connectivity index (χ0n) is 15.2. The van der Waals surface area contributed by atoms with E-state index in [1.54, 1.807) is 0 Å². The number of rotatable bonds is 10. The summed E-state index contributed by atoms with van der Waals surface area (Å²) < 4.78 is 25.3. The number of hydrogen-bond acceptors (Lipinski definition) is 3. The van der Waals surface area contributed by atoms with Crippen LogP contribution in [0.5, 0.6) is 0 Å². The minimum Gasteiger partial charge on any atom is -0.354 e. The maximum Gasteiger partial charge on any atom is 0.240 e. The Morgan fingerprint density at radius 3 is 2.31 bits per heavy atom. The molecule has 1 N–H and O–H groups in total. The van der Waals surface area contributed by atoms with Crippen LogP contribution in [0, 0.1) is 5.92 Å². The lowest BCUT2D eigenvalue weighted by Gasteiger charge is -2.24. The van der Waals surface area contributed by atoms with Crippen LogP contribution in [0.2, 0.25) is 15.1 Å². The number of carbonyl (C=O) groups is 1. The number of amides is 1. The summed E-state index contributed by atoms with van der Waals surface area (Å²) in [5.41, 5.74) is 0.122. The fourth-order valence-corrected chi connectivity index (χ4v) is 4.03. The van der Waals surface area contributed by atoms with Gasteiger partial charge in [0.05, 0.1) is 27.0 Å². The molecule has 1 aromatic rings. The van der Waals surface area contributed by atoms with Gasteiger partial charge in [-0.1, -0.05) is 67.9 Å². The van der Waals surface area contributed by atoms with Crippen molar-refractivity contribution in [2.75, 3.05) is 23.7 Å². The third-order valence-electron chi connectivity index (χ3n) is 4.08. The van der Waals surface area contributed by atoms with Gasteiger partial charge in [-0.05, 0) is 24.5 Å². The average molecular weight is 444 g/mol. The fourth-order valence-electron chi connectivity index (χ4n) is 2.47. The van der Waals surface area contributed by atoms with Crippen molar-refractivity contribution >= 4 is 56.4 Å². The van der Waals surface area contributed by atoms with Crippen molar-refractivity contribution in [3.63, 3.8) is 0 Å². The molecule has 1 amide bonds. The van der Waals surface area contributed by atoms with E-state index >= 15 is 0 Å². The Hall–Kier alpha value is -0.690. The maximum absolute atomic E-state index is 12.3. The molecule has 0 aliphatic rings. The lowest BCUT2D eigenvalue weighted by Crippen LogP contribution is -2.41. The molecule has 9 heteroatoms. The highest BCUT2D eigenvalue weighted by molar-refractivity contribution is 7.92. The van der Waals surface area contributed by atoms with Crippen LogP contribution in [-0.2, 0) is 14.8 Å². The quantitative estimate of drug-likeness (QED) is 0.531. The molecule has 0 bridgehead atoms. The zero-order valence-corrected chi connectivity index (χ0v) is 18.3. The zero-order chi connectivity index (χ0) is 19.9. The van der Waals surface area contributed by atoms with E-state index in [1.807, 2.05) is 0 Å². The second-order valence-electron chi connectivity index (χ2n) is 6.21. The normalized spacial score (nSPS) is 12.7. The molecule has 0 fully saturated rings. The predicted molar refractivity (Wildman–Crippen MR) is 110 cm³/mol. The van der Waals surface area contributed by atoms with Crippen molar-refractivity contribution < 1.29 is 13.2 Å². The van der Waals surface area contributed by atoms with E-state index < -0.39 is 15.9 Å². The van der Waals surface area contributed by atoms with Crippen molar-refractivity contribution in [2.24, 2.45) is 5.92 Å². The molecule has 1 atom stereocenters. The summed E-state index contributed by atoms with van der Waals surface area (Å²) in [4.78, 5) is 12.3. The number of unbranched alkanes of at least 4 members (excludes halogenated alkanes) is 1. The molecule has 148 valence electrons. The van der Waals surface area contributed by atoms with Gasteiger partial charge in [-0.2, -0.15) is 0 Å². The molecule has 0 aliphatic heterocycles. The smallest absolute Gasteiger partial charge is 0.240 e. The summed E-state index contributed by atoms with van der Waals surface area (Å²) in [5, 5.41) is 3.28. The third-order valence-corrected chi connectivity index (χ3v) is 6.23. The molecule has 0 aromatic heterocycles. The molecular formula is C17H25Cl3N2O3S. The van der Waals surface area contributed by atoms with Gasteiger partial charge in [0.25, 0.3) is 0 Å². The highest BCUT2D eigenvalue weighted by Crippen LogP contribution is 2.35. The standard InChI is InChI=1S/C17H25Cl3N2O3S/c1-4-6-7-12(5-2)10-21-17(23)11-22(26(3,24)25)16-9-14(19)13(18)8-15(16)20/h8-9,12H,4-7,10-11H2,1-3H3,(H,21,23)/t12-/m0/s1. The Morgan fingerprint density at radius 1 is 1.15 bits per heavy atom. The summed E-state index contributed by atoms with van der Waals surface area (Å²) in [5.74, 6) is -0.0216. The molecular weight excluding hydrogens is 419 g/mol. The molecule has 0 spiro atoms. The Labute approximate surface area is 171 Å². The molecule has 1 rings (SSSR count). The van der Waals surface area contributed by atoms with Crippen molar-refractivity contribution in [1.82, 2.24) is 5.32 Å². The molecule has 1 aromatic carbocycles. The first-order chi connectivity index (χ1) is 12.1. The summed E-state index contributed by atoms with van der Waals surface area (Å²) in [6, 6.07) is 2.70. The number of anilines is 1. The highest BCUT2D eigenvalue weighted by Gasteiger charge is 2.24. The minimum absolute atomic E-state index is 0.104. The molecule has 0 unspecified atom stereocenters. The second kappa shape index (κ2) is 10.6. The molecule has 0 heterocycles. The Morgan fingerprint density at radius 2 is 1.77 bits per heavy atom. The van der Waals surface area contributed by atoms with Crippen LogP contribution >= 0.6 is 34.8 Å². The fraction of sp³-hybridized carbons (Fsp3) is 0.588. The van der Waals surface area contributed by atoms with E-state index in [4.69, 9.17) is 34.8 Å². The van der Waals surface area contributed by atoms with Crippen molar-refractivity contribution in [2.45, 2.75) is 39.5 Å². The summed E-state index contributed by atoms with van der Waals surface area (Å²) in [6.07, 6.45) is 5.19. The number of nitrogens with one attached hydrogen (secondary N) is 1. The van der Waals surface area contributed by atoms with Crippen LogP contribution in [0.3, 0.4) is 0 Å². The van der Waals surface area contributed by atoms with Crippen molar-refractivity contribution in [3.8, 4) is 0 Å². The summed E-state index contributed by atoms with van der Waals surface area (Å²) in [7, 11) is -3.74. The predicted octanol–water partition coefficient (Wildman–Crippen LogP) is 4.75. The molecule has 26 heavy (non-hydrogen) atoms. The van der Waals surface area contributed by atoms with Crippen LogP contribution in [-0.4, -0.2) is 33.7 Å². The van der Waals surface area contributed by atoms with E-state index in [0.717, 1.165) is 36.2 Å². The van der Waals surface area contributed by atoms with E-state index in [9.17, 15) is 13.2 Å².